The molecule has 0 N–H and O–H groups in total. The number of nitrogens with zero attached hydrogens (tertiary/aromatic N) is 2. The monoisotopic (exact) mass is 234 g/mol. The van der Waals surface area contributed by atoms with Crippen molar-refractivity contribution in [2.75, 3.05) is 26.3 Å². The van der Waals surface area contributed by atoms with Gasteiger partial charge in [-0.1, -0.05) is 30.3 Å². The summed E-state index contributed by atoms with van der Waals surface area (Å²) in [5.41, 5.74) is 1.52. The van der Waals surface area contributed by atoms with Crippen LogP contribution in [0.25, 0.3) is 5.70 Å². The molecule has 1 aliphatic rings. The first kappa shape index (κ1) is 11.6. The summed E-state index contributed by atoms with van der Waals surface area (Å²) in [6.07, 6.45) is 1.07. The van der Waals surface area contributed by atoms with Crippen LogP contribution < -0.4 is 0 Å². The molecule has 0 aromatic heterocycles. The highest BCUT2D eigenvalue weighted by Gasteiger charge is 2.17. The third-order valence-corrected chi connectivity index (χ3v) is 2.65. The van der Waals surface area contributed by atoms with Gasteiger partial charge in [-0.05, 0) is 0 Å². The van der Waals surface area contributed by atoms with E-state index < -0.39 is 4.92 Å². The van der Waals surface area contributed by atoms with Crippen LogP contribution in [0.3, 0.4) is 0 Å². The lowest BCUT2D eigenvalue weighted by atomic mass is 10.1. The molecule has 1 fully saturated rings. The molecule has 0 aliphatic carbocycles. The molecule has 5 nitrogen and oxygen atoms in total. The largest absolute Gasteiger partial charge is 0.378 e. The van der Waals surface area contributed by atoms with Crippen molar-refractivity contribution in [1.29, 1.82) is 0 Å². The minimum absolute atomic E-state index is 0.405. The standard InChI is InChI=1S/C12H14N2O3/c15-14(16)10-12(11-4-2-1-3-5-11)13-6-8-17-9-7-13/h1-5,10H,6-9H2/b12-10-. The average molecular weight is 234 g/mol. The maximum Gasteiger partial charge on any atom is 0.258 e. The van der Waals surface area contributed by atoms with E-state index in [0.29, 0.717) is 32.0 Å². The summed E-state index contributed by atoms with van der Waals surface area (Å²) in [7, 11) is 0. The third-order valence-electron chi connectivity index (χ3n) is 2.65. The number of rotatable bonds is 3. The van der Waals surface area contributed by atoms with E-state index in [9.17, 15) is 10.1 Å². The molecule has 0 radical (unpaired) electrons. The summed E-state index contributed by atoms with van der Waals surface area (Å²) in [6.45, 7) is 2.60. The van der Waals surface area contributed by atoms with Crippen molar-refractivity contribution in [3.05, 3.63) is 52.2 Å². The SMILES string of the molecule is O=[N+]([O-])/C=C(/c1ccccc1)N1CCOCC1. The molecule has 1 heterocycles. The second kappa shape index (κ2) is 5.45. The summed E-state index contributed by atoms with van der Waals surface area (Å²) >= 11 is 0. The Kier molecular flexibility index (Phi) is 3.72. The molecule has 1 aliphatic heterocycles. The van der Waals surface area contributed by atoms with Gasteiger partial charge in [0.1, 0.15) is 5.70 Å². The Balaban J connectivity index is 2.28. The molecule has 1 aromatic carbocycles. The van der Waals surface area contributed by atoms with E-state index in [1.165, 1.54) is 0 Å². The van der Waals surface area contributed by atoms with E-state index >= 15 is 0 Å². The van der Waals surface area contributed by atoms with Crippen LogP contribution in [0, 0.1) is 10.1 Å². The van der Waals surface area contributed by atoms with Crippen LogP contribution in [-0.4, -0.2) is 36.1 Å². The Morgan fingerprint density at radius 3 is 2.53 bits per heavy atom. The van der Waals surface area contributed by atoms with Gasteiger partial charge in [0.15, 0.2) is 0 Å². The highest BCUT2D eigenvalue weighted by molar-refractivity contribution is 5.63. The second-order valence-corrected chi connectivity index (χ2v) is 3.77. The topological polar surface area (TPSA) is 55.6 Å². The van der Waals surface area contributed by atoms with Crippen molar-refractivity contribution in [2.24, 2.45) is 0 Å². The van der Waals surface area contributed by atoms with Gasteiger partial charge in [0, 0.05) is 18.7 Å². The summed E-state index contributed by atoms with van der Waals surface area (Å²) < 4.78 is 5.25. The van der Waals surface area contributed by atoms with Crippen molar-refractivity contribution >= 4 is 5.70 Å². The lowest BCUT2D eigenvalue weighted by Gasteiger charge is -2.29. The van der Waals surface area contributed by atoms with Crippen molar-refractivity contribution in [3.8, 4) is 0 Å². The van der Waals surface area contributed by atoms with Crippen LogP contribution >= 0.6 is 0 Å². The first-order chi connectivity index (χ1) is 8.27. The van der Waals surface area contributed by atoms with E-state index in [0.717, 1.165) is 11.8 Å². The highest BCUT2D eigenvalue weighted by Crippen LogP contribution is 2.20. The van der Waals surface area contributed by atoms with Crippen molar-refractivity contribution in [2.45, 2.75) is 0 Å². The average Bonchev–Trinajstić information content (AvgIpc) is 2.38. The molecule has 0 saturated carbocycles. The molecule has 2 rings (SSSR count). The van der Waals surface area contributed by atoms with Gasteiger partial charge in [0.25, 0.3) is 6.20 Å². The van der Waals surface area contributed by atoms with E-state index in [-0.39, 0.29) is 0 Å². The smallest absolute Gasteiger partial charge is 0.258 e. The lowest BCUT2D eigenvalue weighted by Crippen LogP contribution is -2.35. The minimum atomic E-state index is -0.405. The fourth-order valence-corrected chi connectivity index (χ4v) is 1.85. The maximum atomic E-state index is 10.7. The molecule has 0 unspecified atom stereocenters. The Bertz CT molecular complexity index is 411. The van der Waals surface area contributed by atoms with Gasteiger partial charge >= 0.3 is 0 Å². The summed E-state index contributed by atoms with van der Waals surface area (Å²) in [6, 6.07) is 9.41. The maximum absolute atomic E-state index is 10.7. The van der Waals surface area contributed by atoms with Gasteiger partial charge in [0.05, 0.1) is 18.1 Å². The molecule has 0 atom stereocenters. The van der Waals surface area contributed by atoms with Crippen molar-refractivity contribution in [1.82, 2.24) is 4.90 Å². The Morgan fingerprint density at radius 2 is 1.94 bits per heavy atom. The Hall–Kier alpha value is -1.88. The molecular weight excluding hydrogens is 220 g/mol. The number of nitro groups is 1. The third kappa shape index (κ3) is 3.04. The number of ether oxygens (including phenoxy) is 1. The zero-order valence-electron chi connectivity index (χ0n) is 9.41. The van der Waals surface area contributed by atoms with Crippen molar-refractivity contribution in [3.63, 3.8) is 0 Å². The molecule has 17 heavy (non-hydrogen) atoms. The van der Waals surface area contributed by atoms with Crippen LogP contribution in [0.15, 0.2) is 36.5 Å². The summed E-state index contributed by atoms with van der Waals surface area (Å²) in [5.74, 6) is 0. The fraction of sp³-hybridized carbons (Fsp3) is 0.333. The van der Waals surface area contributed by atoms with Gasteiger partial charge in [-0.3, -0.25) is 10.1 Å². The normalized spacial score (nSPS) is 16.9. The van der Waals surface area contributed by atoms with Gasteiger partial charge in [-0.25, -0.2) is 0 Å². The molecular formula is C12H14N2O3. The predicted octanol–water partition coefficient (Wildman–Crippen LogP) is 1.59. The van der Waals surface area contributed by atoms with Gasteiger partial charge < -0.3 is 9.64 Å². The predicted molar refractivity (Wildman–Crippen MR) is 63.8 cm³/mol. The molecule has 90 valence electrons. The van der Waals surface area contributed by atoms with Crippen LogP contribution in [0.5, 0.6) is 0 Å². The summed E-state index contributed by atoms with van der Waals surface area (Å²) in [4.78, 5) is 12.3. The summed E-state index contributed by atoms with van der Waals surface area (Å²) in [5, 5.41) is 10.7. The fourth-order valence-electron chi connectivity index (χ4n) is 1.85. The van der Waals surface area contributed by atoms with E-state index in [1.54, 1.807) is 0 Å². The van der Waals surface area contributed by atoms with Gasteiger partial charge in [-0.15, -0.1) is 0 Å². The minimum Gasteiger partial charge on any atom is -0.378 e. The first-order valence-electron chi connectivity index (χ1n) is 5.51. The van der Waals surface area contributed by atoms with Crippen LogP contribution in [0.4, 0.5) is 0 Å². The quantitative estimate of drug-likeness (QED) is 0.588. The van der Waals surface area contributed by atoms with Crippen LogP contribution in [0.1, 0.15) is 5.56 Å². The first-order valence-corrected chi connectivity index (χ1v) is 5.51. The molecule has 0 amide bonds. The van der Waals surface area contributed by atoms with E-state index in [2.05, 4.69) is 0 Å². The zero-order chi connectivity index (χ0) is 12.1. The van der Waals surface area contributed by atoms with Gasteiger partial charge in [0.2, 0.25) is 0 Å². The molecule has 1 aromatic rings. The van der Waals surface area contributed by atoms with E-state index in [1.807, 2.05) is 35.2 Å². The Morgan fingerprint density at radius 1 is 1.29 bits per heavy atom. The molecule has 0 bridgehead atoms. The number of morpholine rings is 1. The van der Waals surface area contributed by atoms with Crippen LogP contribution in [0.2, 0.25) is 0 Å². The molecule has 5 heteroatoms. The highest BCUT2D eigenvalue weighted by atomic mass is 16.6. The van der Waals surface area contributed by atoms with Crippen molar-refractivity contribution < 1.29 is 9.66 Å². The number of benzene rings is 1. The zero-order valence-corrected chi connectivity index (χ0v) is 9.41. The number of hydrogen-bond donors (Lipinski definition) is 0. The molecule has 0 spiro atoms. The second-order valence-electron chi connectivity index (χ2n) is 3.77. The van der Waals surface area contributed by atoms with Gasteiger partial charge in [-0.2, -0.15) is 0 Å². The van der Waals surface area contributed by atoms with Crippen LogP contribution in [-0.2, 0) is 4.74 Å². The number of hydrogen-bond acceptors (Lipinski definition) is 4. The Labute approximate surface area is 99.5 Å². The lowest BCUT2D eigenvalue weighted by molar-refractivity contribution is -0.402. The van der Waals surface area contributed by atoms with E-state index in [4.69, 9.17) is 4.74 Å². The molecule has 1 saturated heterocycles.